The Morgan fingerprint density at radius 3 is 2.50 bits per heavy atom. The quantitative estimate of drug-likeness (QED) is 0.790. The Kier molecular flexibility index (Phi) is 5.91. The third-order valence-electron chi connectivity index (χ3n) is 3.43. The highest BCUT2D eigenvalue weighted by atomic mass is 16.6. The average Bonchev–Trinajstić information content (AvgIpc) is 2.93. The molecule has 1 heterocycles. The highest BCUT2D eigenvalue weighted by molar-refractivity contribution is 5.90. The molecule has 1 atom stereocenters. The number of rotatable bonds is 4. The number of carbonyl (C=O) groups excluding carboxylic acids is 3. The molecule has 0 bridgehead atoms. The van der Waals surface area contributed by atoms with Gasteiger partial charge in [0.05, 0.1) is 13.7 Å². The minimum Gasteiger partial charge on any atom is -0.497 e. The molecule has 1 aromatic rings. The fourth-order valence-electron chi connectivity index (χ4n) is 2.18. The summed E-state index contributed by atoms with van der Waals surface area (Å²) in [4.78, 5) is 37.1. The number of carbonyl (C=O) groups is 3. The summed E-state index contributed by atoms with van der Waals surface area (Å²) in [6.07, 6.45) is -0.675. The van der Waals surface area contributed by atoms with Crippen LogP contribution in [0.5, 0.6) is 5.75 Å². The third kappa shape index (κ3) is 5.27. The normalized spacial score (nSPS) is 16.7. The second-order valence-corrected chi connectivity index (χ2v) is 6.62. The zero-order valence-corrected chi connectivity index (χ0v) is 15.2. The molecule has 142 valence electrons. The standard InChI is InChI=1S/C17H23N3O6/c1-17(2,3)26-16(23)20-10-25-14(21)13(20)9-18-15(22)19-11-5-7-12(24-4)8-6-11/h5-8,13H,9-10H2,1-4H3,(H2,18,19,22)/t13-/m0/s1. The maximum absolute atomic E-state index is 12.1. The lowest BCUT2D eigenvalue weighted by atomic mass is 10.2. The lowest BCUT2D eigenvalue weighted by Gasteiger charge is -2.25. The van der Waals surface area contributed by atoms with Gasteiger partial charge in [0.1, 0.15) is 11.4 Å². The van der Waals surface area contributed by atoms with Crippen molar-refractivity contribution in [3.8, 4) is 5.75 Å². The van der Waals surface area contributed by atoms with E-state index in [9.17, 15) is 14.4 Å². The van der Waals surface area contributed by atoms with E-state index in [2.05, 4.69) is 10.6 Å². The molecule has 1 fully saturated rings. The van der Waals surface area contributed by atoms with Crippen molar-refractivity contribution < 1.29 is 28.6 Å². The first-order valence-electron chi connectivity index (χ1n) is 8.05. The lowest BCUT2D eigenvalue weighted by molar-refractivity contribution is -0.138. The largest absolute Gasteiger partial charge is 0.497 e. The molecule has 2 rings (SSSR count). The van der Waals surface area contributed by atoms with Crippen LogP contribution in [0.4, 0.5) is 15.3 Å². The van der Waals surface area contributed by atoms with Crippen molar-refractivity contribution in [1.82, 2.24) is 10.2 Å². The van der Waals surface area contributed by atoms with Crippen molar-refractivity contribution in [2.45, 2.75) is 32.4 Å². The monoisotopic (exact) mass is 365 g/mol. The Morgan fingerprint density at radius 2 is 1.92 bits per heavy atom. The first kappa shape index (κ1) is 19.4. The topological polar surface area (TPSA) is 106 Å². The van der Waals surface area contributed by atoms with Gasteiger partial charge in [0, 0.05) is 5.69 Å². The SMILES string of the molecule is COc1ccc(NC(=O)NC[C@H]2C(=O)OCN2C(=O)OC(C)(C)C)cc1. The molecule has 0 aromatic heterocycles. The van der Waals surface area contributed by atoms with Gasteiger partial charge in [0.15, 0.2) is 12.8 Å². The van der Waals surface area contributed by atoms with Crippen LogP contribution < -0.4 is 15.4 Å². The predicted octanol–water partition coefficient (Wildman–Crippen LogP) is 1.94. The summed E-state index contributed by atoms with van der Waals surface area (Å²) in [6, 6.07) is 5.30. The molecule has 1 aliphatic heterocycles. The van der Waals surface area contributed by atoms with E-state index in [4.69, 9.17) is 14.2 Å². The van der Waals surface area contributed by atoms with Crippen LogP contribution in [0.2, 0.25) is 0 Å². The van der Waals surface area contributed by atoms with E-state index >= 15 is 0 Å². The summed E-state index contributed by atoms with van der Waals surface area (Å²) < 4.78 is 15.2. The number of urea groups is 1. The number of amides is 3. The van der Waals surface area contributed by atoms with Gasteiger partial charge in [-0.15, -0.1) is 0 Å². The van der Waals surface area contributed by atoms with Crippen LogP contribution >= 0.6 is 0 Å². The molecule has 0 unspecified atom stereocenters. The Balaban J connectivity index is 1.89. The van der Waals surface area contributed by atoms with E-state index in [-0.39, 0.29) is 13.3 Å². The summed E-state index contributed by atoms with van der Waals surface area (Å²) in [5.74, 6) is 0.0678. The molecule has 0 saturated carbocycles. The summed E-state index contributed by atoms with van der Waals surface area (Å²) in [7, 11) is 1.55. The Bertz CT molecular complexity index is 668. The van der Waals surface area contributed by atoms with E-state index in [0.717, 1.165) is 4.90 Å². The van der Waals surface area contributed by atoms with Gasteiger partial charge in [-0.3, -0.25) is 4.90 Å². The van der Waals surface area contributed by atoms with Gasteiger partial charge >= 0.3 is 18.1 Å². The third-order valence-corrected chi connectivity index (χ3v) is 3.43. The van der Waals surface area contributed by atoms with Crippen molar-refractivity contribution in [1.29, 1.82) is 0 Å². The first-order valence-corrected chi connectivity index (χ1v) is 8.05. The molecular formula is C17H23N3O6. The number of hydrogen-bond acceptors (Lipinski definition) is 6. The van der Waals surface area contributed by atoms with Gasteiger partial charge in [-0.1, -0.05) is 0 Å². The molecule has 0 spiro atoms. The molecule has 26 heavy (non-hydrogen) atoms. The van der Waals surface area contributed by atoms with E-state index in [1.807, 2.05) is 0 Å². The van der Waals surface area contributed by atoms with Crippen LogP contribution in [0, 0.1) is 0 Å². The molecule has 1 aromatic carbocycles. The van der Waals surface area contributed by atoms with E-state index in [1.54, 1.807) is 52.1 Å². The fourth-order valence-corrected chi connectivity index (χ4v) is 2.18. The molecule has 9 nitrogen and oxygen atoms in total. The highest BCUT2D eigenvalue weighted by Crippen LogP contribution is 2.17. The van der Waals surface area contributed by atoms with Gasteiger partial charge in [0.25, 0.3) is 0 Å². The van der Waals surface area contributed by atoms with Crippen LogP contribution in [0.3, 0.4) is 0 Å². The van der Waals surface area contributed by atoms with E-state index in [1.165, 1.54) is 0 Å². The minimum absolute atomic E-state index is 0.0972. The van der Waals surface area contributed by atoms with E-state index < -0.39 is 29.7 Å². The number of hydrogen-bond donors (Lipinski definition) is 2. The van der Waals surface area contributed by atoms with Crippen LogP contribution in [-0.2, 0) is 14.3 Å². The fraction of sp³-hybridized carbons (Fsp3) is 0.471. The maximum atomic E-state index is 12.1. The average molecular weight is 365 g/mol. The molecule has 9 heteroatoms. The smallest absolute Gasteiger partial charge is 0.413 e. The number of esters is 1. The molecule has 0 radical (unpaired) electrons. The van der Waals surface area contributed by atoms with E-state index in [0.29, 0.717) is 11.4 Å². The van der Waals surface area contributed by atoms with Crippen LogP contribution in [0.1, 0.15) is 20.8 Å². The number of methoxy groups -OCH3 is 1. The lowest BCUT2D eigenvalue weighted by Crippen LogP contribution is -2.48. The minimum atomic E-state index is -0.938. The second kappa shape index (κ2) is 7.94. The van der Waals surface area contributed by atoms with Crippen molar-refractivity contribution in [3.63, 3.8) is 0 Å². The number of nitrogens with zero attached hydrogens (tertiary/aromatic N) is 1. The molecule has 2 N–H and O–H groups in total. The number of benzene rings is 1. The summed E-state index contributed by atoms with van der Waals surface area (Å²) in [5, 5.41) is 5.17. The second-order valence-electron chi connectivity index (χ2n) is 6.62. The Labute approximate surface area is 151 Å². The zero-order valence-electron chi connectivity index (χ0n) is 15.2. The van der Waals surface area contributed by atoms with Crippen LogP contribution in [0.25, 0.3) is 0 Å². The molecule has 1 saturated heterocycles. The van der Waals surface area contributed by atoms with Gasteiger partial charge in [-0.05, 0) is 45.0 Å². The molecule has 0 aliphatic carbocycles. The molecular weight excluding hydrogens is 342 g/mol. The maximum Gasteiger partial charge on any atom is 0.413 e. The van der Waals surface area contributed by atoms with Crippen LogP contribution in [0.15, 0.2) is 24.3 Å². The van der Waals surface area contributed by atoms with Gasteiger partial charge in [-0.25, -0.2) is 14.4 Å². The van der Waals surface area contributed by atoms with Crippen molar-refractivity contribution in [3.05, 3.63) is 24.3 Å². The predicted molar refractivity (Wildman–Crippen MR) is 92.8 cm³/mol. The summed E-state index contributed by atoms with van der Waals surface area (Å²) in [6.45, 7) is 4.86. The Morgan fingerprint density at radius 1 is 1.27 bits per heavy atom. The number of nitrogens with one attached hydrogen (secondary N) is 2. The molecule has 3 amide bonds. The van der Waals surface area contributed by atoms with Crippen molar-refractivity contribution in [2.24, 2.45) is 0 Å². The number of ether oxygens (including phenoxy) is 3. The molecule has 1 aliphatic rings. The van der Waals surface area contributed by atoms with Crippen molar-refractivity contribution >= 4 is 23.8 Å². The van der Waals surface area contributed by atoms with Crippen LogP contribution in [-0.4, -0.2) is 55.0 Å². The zero-order chi connectivity index (χ0) is 19.3. The van der Waals surface area contributed by atoms with Gasteiger partial charge < -0.3 is 24.8 Å². The van der Waals surface area contributed by atoms with Gasteiger partial charge in [0.2, 0.25) is 0 Å². The number of cyclic esters (lactones) is 1. The Hall–Kier alpha value is -2.97. The summed E-state index contributed by atoms with van der Waals surface area (Å²) >= 11 is 0. The van der Waals surface area contributed by atoms with Gasteiger partial charge in [-0.2, -0.15) is 0 Å². The first-order chi connectivity index (χ1) is 12.2. The van der Waals surface area contributed by atoms with Crippen molar-refractivity contribution in [2.75, 3.05) is 25.7 Å². The summed E-state index contributed by atoms with van der Waals surface area (Å²) in [5.41, 5.74) is -0.145. The number of anilines is 1. The highest BCUT2D eigenvalue weighted by Gasteiger charge is 2.40.